The van der Waals surface area contributed by atoms with Crippen LogP contribution in [-0.2, 0) is 6.54 Å². The summed E-state index contributed by atoms with van der Waals surface area (Å²) in [4.78, 5) is 10.9. The molecule has 0 aliphatic carbocycles. The van der Waals surface area contributed by atoms with Gasteiger partial charge >= 0.3 is 0 Å². The van der Waals surface area contributed by atoms with Crippen molar-refractivity contribution < 1.29 is 4.42 Å². The van der Waals surface area contributed by atoms with Crippen molar-refractivity contribution in [1.82, 2.24) is 9.88 Å². The molecule has 116 valence electrons. The van der Waals surface area contributed by atoms with Crippen molar-refractivity contribution in [3.8, 4) is 11.3 Å². The highest BCUT2D eigenvalue weighted by Gasteiger charge is 2.18. The van der Waals surface area contributed by atoms with Gasteiger partial charge in [-0.25, -0.2) is 9.98 Å². The van der Waals surface area contributed by atoms with Crippen molar-refractivity contribution in [2.75, 3.05) is 13.1 Å². The fourth-order valence-electron chi connectivity index (χ4n) is 2.86. The van der Waals surface area contributed by atoms with Crippen LogP contribution in [0.1, 0.15) is 25.5 Å². The van der Waals surface area contributed by atoms with E-state index in [9.17, 15) is 0 Å². The van der Waals surface area contributed by atoms with Gasteiger partial charge in [-0.3, -0.25) is 0 Å². The van der Waals surface area contributed by atoms with Crippen LogP contribution in [0.15, 0.2) is 46.1 Å². The summed E-state index contributed by atoms with van der Waals surface area (Å²) in [5.74, 6) is 2.05. The molecular formula is C17H22N4O. The molecule has 0 spiro atoms. The van der Waals surface area contributed by atoms with Crippen LogP contribution in [0.2, 0.25) is 0 Å². The minimum absolute atomic E-state index is 0.442. The zero-order valence-corrected chi connectivity index (χ0v) is 12.9. The van der Waals surface area contributed by atoms with Gasteiger partial charge in [-0.05, 0) is 18.8 Å². The van der Waals surface area contributed by atoms with Gasteiger partial charge < -0.3 is 15.1 Å². The molecule has 2 aromatic rings. The van der Waals surface area contributed by atoms with Crippen molar-refractivity contribution in [2.45, 2.75) is 26.3 Å². The van der Waals surface area contributed by atoms with E-state index in [-0.39, 0.29) is 0 Å². The van der Waals surface area contributed by atoms with E-state index < -0.39 is 0 Å². The average Bonchev–Trinajstić information content (AvgIpc) is 3.02. The highest BCUT2D eigenvalue weighted by atomic mass is 16.3. The minimum atomic E-state index is 0.442. The number of aliphatic imine (C=N–C) groups is 1. The van der Waals surface area contributed by atoms with Crippen LogP contribution < -0.4 is 5.73 Å². The van der Waals surface area contributed by atoms with Gasteiger partial charge in [0.1, 0.15) is 5.69 Å². The number of oxazole rings is 1. The normalized spacial score (nSPS) is 19.4. The first-order valence-electron chi connectivity index (χ1n) is 7.76. The summed E-state index contributed by atoms with van der Waals surface area (Å²) in [7, 11) is 0. The summed E-state index contributed by atoms with van der Waals surface area (Å²) < 4.78 is 5.51. The second-order valence-corrected chi connectivity index (χ2v) is 5.86. The van der Waals surface area contributed by atoms with Gasteiger partial charge in [0.2, 0.25) is 0 Å². The Labute approximate surface area is 130 Å². The van der Waals surface area contributed by atoms with Gasteiger partial charge in [-0.2, -0.15) is 0 Å². The highest BCUT2D eigenvalue weighted by Crippen LogP contribution is 2.23. The van der Waals surface area contributed by atoms with Crippen LogP contribution in [0.4, 0.5) is 0 Å². The number of guanidine groups is 1. The SMILES string of the molecule is CC1CCCN(C(N)=NCc2ncoc2-c2ccccc2)C1. The summed E-state index contributed by atoms with van der Waals surface area (Å²) in [6.07, 6.45) is 3.91. The lowest BCUT2D eigenvalue weighted by Gasteiger charge is -2.31. The number of likely N-dealkylation sites (tertiary alicyclic amines) is 1. The third kappa shape index (κ3) is 3.30. The van der Waals surface area contributed by atoms with Crippen molar-refractivity contribution in [3.63, 3.8) is 0 Å². The fraction of sp³-hybridized carbons (Fsp3) is 0.412. The van der Waals surface area contributed by atoms with Gasteiger partial charge in [-0.1, -0.05) is 37.3 Å². The van der Waals surface area contributed by atoms with Crippen molar-refractivity contribution in [2.24, 2.45) is 16.6 Å². The van der Waals surface area contributed by atoms with Crippen molar-refractivity contribution >= 4 is 5.96 Å². The lowest BCUT2D eigenvalue weighted by Crippen LogP contribution is -2.43. The number of nitrogens with two attached hydrogens (primary N) is 1. The van der Waals surface area contributed by atoms with Gasteiger partial charge in [0.25, 0.3) is 0 Å². The topological polar surface area (TPSA) is 67.7 Å². The Kier molecular flexibility index (Phi) is 4.42. The molecule has 1 aliphatic rings. The van der Waals surface area contributed by atoms with E-state index in [2.05, 4.69) is 21.8 Å². The van der Waals surface area contributed by atoms with Crippen LogP contribution in [0, 0.1) is 5.92 Å². The van der Waals surface area contributed by atoms with Gasteiger partial charge in [0.15, 0.2) is 18.1 Å². The first kappa shape index (κ1) is 14.6. The summed E-state index contributed by atoms with van der Waals surface area (Å²) in [6, 6.07) is 9.95. The molecule has 1 aromatic carbocycles. The molecule has 0 bridgehead atoms. The maximum Gasteiger partial charge on any atom is 0.191 e. The van der Waals surface area contributed by atoms with Crippen LogP contribution in [0.25, 0.3) is 11.3 Å². The van der Waals surface area contributed by atoms with Crippen molar-refractivity contribution in [1.29, 1.82) is 0 Å². The minimum Gasteiger partial charge on any atom is -0.443 e. The molecule has 1 aliphatic heterocycles. The molecule has 1 saturated heterocycles. The third-order valence-corrected chi connectivity index (χ3v) is 4.05. The lowest BCUT2D eigenvalue weighted by atomic mass is 10.0. The van der Waals surface area contributed by atoms with E-state index in [0.717, 1.165) is 30.1 Å². The van der Waals surface area contributed by atoms with Crippen molar-refractivity contribution in [3.05, 3.63) is 42.4 Å². The molecule has 0 amide bonds. The van der Waals surface area contributed by atoms with E-state index in [1.165, 1.54) is 19.2 Å². The van der Waals surface area contributed by atoms with E-state index in [0.29, 0.717) is 18.4 Å². The van der Waals surface area contributed by atoms with E-state index in [1.54, 1.807) is 0 Å². The molecule has 5 nitrogen and oxygen atoms in total. The van der Waals surface area contributed by atoms with Gasteiger partial charge in [0.05, 0.1) is 6.54 Å². The second-order valence-electron chi connectivity index (χ2n) is 5.86. The molecule has 3 rings (SSSR count). The predicted molar refractivity (Wildman–Crippen MR) is 87.2 cm³/mol. The predicted octanol–water partition coefficient (Wildman–Crippen LogP) is 2.89. The Balaban J connectivity index is 1.71. The molecule has 2 N–H and O–H groups in total. The summed E-state index contributed by atoms with van der Waals surface area (Å²) in [5, 5.41) is 0. The van der Waals surface area contributed by atoms with Crippen LogP contribution in [0.3, 0.4) is 0 Å². The number of hydrogen-bond acceptors (Lipinski definition) is 3. The summed E-state index contributed by atoms with van der Waals surface area (Å²) in [6.45, 7) is 4.67. The Bertz CT molecular complexity index is 635. The summed E-state index contributed by atoms with van der Waals surface area (Å²) >= 11 is 0. The number of nitrogens with zero attached hydrogens (tertiary/aromatic N) is 3. The first-order valence-corrected chi connectivity index (χ1v) is 7.76. The van der Waals surface area contributed by atoms with Gasteiger partial charge in [0, 0.05) is 18.7 Å². The zero-order valence-electron chi connectivity index (χ0n) is 12.9. The standard InChI is InChI=1S/C17H22N4O/c1-13-6-5-9-21(11-13)17(18)19-10-15-16(22-12-20-15)14-7-3-2-4-8-14/h2-4,7-8,12-13H,5-6,9-11H2,1H3,(H2,18,19). The van der Waals surface area contributed by atoms with E-state index in [1.807, 2.05) is 30.3 Å². The molecule has 1 unspecified atom stereocenters. The molecule has 0 radical (unpaired) electrons. The number of hydrogen-bond donors (Lipinski definition) is 1. The van der Waals surface area contributed by atoms with E-state index >= 15 is 0 Å². The van der Waals surface area contributed by atoms with Crippen LogP contribution in [0.5, 0.6) is 0 Å². The Morgan fingerprint density at radius 1 is 1.41 bits per heavy atom. The van der Waals surface area contributed by atoms with Gasteiger partial charge in [-0.15, -0.1) is 0 Å². The monoisotopic (exact) mass is 298 g/mol. The fourth-order valence-corrected chi connectivity index (χ4v) is 2.86. The zero-order chi connectivity index (χ0) is 15.4. The molecule has 5 heteroatoms. The van der Waals surface area contributed by atoms with Crippen LogP contribution in [-0.4, -0.2) is 28.9 Å². The average molecular weight is 298 g/mol. The Morgan fingerprint density at radius 2 is 2.23 bits per heavy atom. The van der Waals surface area contributed by atoms with E-state index in [4.69, 9.17) is 10.2 Å². The smallest absolute Gasteiger partial charge is 0.191 e. The number of benzene rings is 1. The summed E-state index contributed by atoms with van der Waals surface area (Å²) in [5.41, 5.74) is 7.96. The number of rotatable bonds is 3. The lowest BCUT2D eigenvalue weighted by molar-refractivity contribution is 0.270. The second kappa shape index (κ2) is 6.64. The molecule has 1 aromatic heterocycles. The molecule has 1 atom stereocenters. The molecule has 1 fully saturated rings. The van der Waals surface area contributed by atoms with Crippen LogP contribution >= 0.6 is 0 Å². The largest absolute Gasteiger partial charge is 0.443 e. The maximum absolute atomic E-state index is 6.13. The molecule has 2 heterocycles. The quantitative estimate of drug-likeness (QED) is 0.699. The number of aromatic nitrogens is 1. The highest BCUT2D eigenvalue weighted by molar-refractivity contribution is 5.78. The molecule has 22 heavy (non-hydrogen) atoms. The number of piperidine rings is 1. The Hall–Kier alpha value is -2.30. The molecular weight excluding hydrogens is 276 g/mol. The maximum atomic E-state index is 6.13. The third-order valence-electron chi connectivity index (χ3n) is 4.05. The first-order chi connectivity index (χ1) is 10.7. The Morgan fingerprint density at radius 3 is 3.00 bits per heavy atom. The molecule has 0 saturated carbocycles.